The van der Waals surface area contributed by atoms with E-state index in [1.165, 1.54) is 6.07 Å². The fourth-order valence-electron chi connectivity index (χ4n) is 1.55. The van der Waals surface area contributed by atoms with Gasteiger partial charge in [-0.25, -0.2) is 0 Å². The van der Waals surface area contributed by atoms with Crippen molar-refractivity contribution in [2.24, 2.45) is 0 Å². The quantitative estimate of drug-likeness (QED) is 0.906. The fourth-order valence-corrected chi connectivity index (χ4v) is 1.79. The van der Waals surface area contributed by atoms with Crippen LogP contribution in [0.5, 0.6) is 0 Å². The summed E-state index contributed by atoms with van der Waals surface area (Å²) in [4.78, 5) is 4.07. The average molecular weight is 287 g/mol. The number of alkyl halides is 3. The van der Waals surface area contributed by atoms with Gasteiger partial charge in [0.1, 0.15) is 0 Å². The highest BCUT2D eigenvalue weighted by Gasteiger charge is 2.31. The molecule has 0 saturated heterocycles. The van der Waals surface area contributed by atoms with Gasteiger partial charge in [0.05, 0.1) is 17.8 Å². The first kappa shape index (κ1) is 13.7. The molecule has 0 unspecified atom stereocenters. The normalized spacial score (nSPS) is 11.4. The first-order valence-electron chi connectivity index (χ1n) is 5.47. The number of anilines is 1. The van der Waals surface area contributed by atoms with E-state index in [2.05, 4.69) is 10.3 Å². The zero-order valence-corrected chi connectivity index (χ0v) is 10.5. The first-order chi connectivity index (χ1) is 8.95. The van der Waals surface area contributed by atoms with E-state index in [0.29, 0.717) is 12.2 Å². The SMILES string of the molecule is FC(F)(F)c1cc(Cl)cc(NCc2ccccn2)c1. The molecule has 1 aromatic carbocycles. The molecule has 1 aromatic heterocycles. The molecule has 0 radical (unpaired) electrons. The van der Waals surface area contributed by atoms with Crippen LogP contribution in [-0.4, -0.2) is 4.98 Å². The lowest BCUT2D eigenvalue weighted by Crippen LogP contribution is -2.07. The third-order valence-corrected chi connectivity index (χ3v) is 2.64. The summed E-state index contributed by atoms with van der Waals surface area (Å²) in [5, 5.41) is 2.91. The maximum atomic E-state index is 12.6. The summed E-state index contributed by atoms with van der Waals surface area (Å²) in [5.74, 6) is 0. The fraction of sp³-hybridized carbons (Fsp3) is 0.154. The molecule has 1 heterocycles. The number of nitrogens with zero attached hydrogens (tertiary/aromatic N) is 1. The summed E-state index contributed by atoms with van der Waals surface area (Å²) < 4.78 is 37.8. The van der Waals surface area contributed by atoms with Crippen molar-refractivity contribution in [1.29, 1.82) is 0 Å². The van der Waals surface area contributed by atoms with Crippen molar-refractivity contribution in [3.05, 3.63) is 58.9 Å². The summed E-state index contributed by atoms with van der Waals surface area (Å²) in [6.45, 7) is 0.332. The molecular weight excluding hydrogens is 277 g/mol. The van der Waals surface area contributed by atoms with E-state index < -0.39 is 11.7 Å². The molecule has 100 valence electrons. The number of aromatic nitrogens is 1. The number of pyridine rings is 1. The maximum Gasteiger partial charge on any atom is 0.416 e. The molecule has 6 heteroatoms. The molecule has 0 fully saturated rings. The average Bonchev–Trinajstić information content (AvgIpc) is 2.36. The summed E-state index contributed by atoms with van der Waals surface area (Å²) >= 11 is 5.68. The van der Waals surface area contributed by atoms with Crippen LogP contribution in [0.15, 0.2) is 42.6 Å². The van der Waals surface area contributed by atoms with E-state index >= 15 is 0 Å². The van der Waals surface area contributed by atoms with Gasteiger partial charge in [0.2, 0.25) is 0 Å². The Balaban J connectivity index is 2.15. The minimum Gasteiger partial charge on any atom is -0.379 e. The van der Waals surface area contributed by atoms with E-state index in [9.17, 15) is 13.2 Å². The highest BCUT2D eigenvalue weighted by Crippen LogP contribution is 2.33. The highest BCUT2D eigenvalue weighted by molar-refractivity contribution is 6.30. The van der Waals surface area contributed by atoms with Crippen molar-refractivity contribution in [1.82, 2.24) is 4.98 Å². The number of hydrogen-bond donors (Lipinski definition) is 1. The van der Waals surface area contributed by atoms with Crippen molar-refractivity contribution >= 4 is 17.3 Å². The Kier molecular flexibility index (Phi) is 3.95. The van der Waals surface area contributed by atoms with Gasteiger partial charge in [-0.15, -0.1) is 0 Å². The van der Waals surface area contributed by atoms with Crippen LogP contribution < -0.4 is 5.32 Å². The molecule has 0 aliphatic heterocycles. The van der Waals surface area contributed by atoms with Gasteiger partial charge in [0, 0.05) is 16.9 Å². The van der Waals surface area contributed by atoms with Gasteiger partial charge in [-0.1, -0.05) is 17.7 Å². The van der Waals surface area contributed by atoms with Crippen LogP contribution in [0.1, 0.15) is 11.3 Å². The zero-order valence-electron chi connectivity index (χ0n) is 9.71. The van der Waals surface area contributed by atoms with Crippen molar-refractivity contribution in [2.45, 2.75) is 12.7 Å². The Morgan fingerprint density at radius 2 is 1.95 bits per heavy atom. The molecule has 0 amide bonds. The van der Waals surface area contributed by atoms with Gasteiger partial charge in [0.15, 0.2) is 0 Å². The van der Waals surface area contributed by atoms with Gasteiger partial charge in [-0.2, -0.15) is 13.2 Å². The van der Waals surface area contributed by atoms with Crippen LogP contribution in [0, 0.1) is 0 Å². The Morgan fingerprint density at radius 1 is 1.16 bits per heavy atom. The van der Waals surface area contributed by atoms with Gasteiger partial charge in [0.25, 0.3) is 0 Å². The van der Waals surface area contributed by atoms with Gasteiger partial charge in [-0.05, 0) is 30.3 Å². The summed E-state index contributed by atoms with van der Waals surface area (Å²) in [7, 11) is 0. The third kappa shape index (κ3) is 3.86. The van der Waals surface area contributed by atoms with E-state index in [0.717, 1.165) is 17.8 Å². The molecule has 0 aliphatic rings. The lowest BCUT2D eigenvalue weighted by Gasteiger charge is -2.11. The number of benzene rings is 1. The number of halogens is 4. The number of hydrogen-bond acceptors (Lipinski definition) is 2. The zero-order chi connectivity index (χ0) is 13.9. The first-order valence-corrected chi connectivity index (χ1v) is 5.84. The van der Waals surface area contributed by atoms with Gasteiger partial charge in [-0.3, -0.25) is 4.98 Å². The molecule has 19 heavy (non-hydrogen) atoms. The molecule has 0 spiro atoms. The molecule has 2 nitrogen and oxygen atoms in total. The van der Waals surface area contributed by atoms with E-state index in [1.807, 2.05) is 6.07 Å². The molecule has 0 saturated carbocycles. The van der Waals surface area contributed by atoms with Crippen LogP contribution in [0.4, 0.5) is 18.9 Å². The summed E-state index contributed by atoms with van der Waals surface area (Å²) in [5.41, 5.74) is 0.269. The molecule has 0 aliphatic carbocycles. The summed E-state index contributed by atoms with van der Waals surface area (Å²) in [6, 6.07) is 8.72. The van der Waals surface area contributed by atoms with Crippen molar-refractivity contribution in [3.8, 4) is 0 Å². The number of nitrogens with one attached hydrogen (secondary N) is 1. The summed E-state index contributed by atoms with van der Waals surface area (Å²) in [6.07, 6.45) is -2.79. The minimum atomic E-state index is -4.41. The second-order valence-corrected chi connectivity index (χ2v) is 4.34. The van der Waals surface area contributed by atoms with Crippen LogP contribution in [-0.2, 0) is 12.7 Å². The van der Waals surface area contributed by atoms with Crippen molar-refractivity contribution in [2.75, 3.05) is 5.32 Å². The predicted molar refractivity (Wildman–Crippen MR) is 68.0 cm³/mol. The second-order valence-electron chi connectivity index (χ2n) is 3.90. The predicted octanol–water partition coefficient (Wildman–Crippen LogP) is 4.37. The Labute approximate surface area is 113 Å². The van der Waals surface area contributed by atoms with E-state index in [4.69, 9.17) is 11.6 Å². The molecule has 1 N–H and O–H groups in total. The van der Waals surface area contributed by atoms with Crippen LogP contribution in [0.3, 0.4) is 0 Å². The Bertz CT molecular complexity index is 556. The highest BCUT2D eigenvalue weighted by atomic mass is 35.5. The van der Waals surface area contributed by atoms with E-state index in [-0.39, 0.29) is 5.02 Å². The molecule has 0 bridgehead atoms. The minimum absolute atomic E-state index is 0.0401. The molecule has 2 rings (SSSR count). The van der Waals surface area contributed by atoms with Crippen molar-refractivity contribution in [3.63, 3.8) is 0 Å². The standard InChI is InChI=1S/C13H10ClF3N2/c14-10-5-9(13(15,16)17)6-12(7-10)19-8-11-3-1-2-4-18-11/h1-7,19H,8H2. The van der Waals surface area contributed by atoms with Crippen LogP contribution >= 0.6 is 11.6 Å². The lowest BCUT2D eigenvalue weighted by molar-refractivity contribution is -0.137. The molecular formula is C13H10ClF3N2. The smallest absolute Gasteiger partial charge is 0.379 e. The topological polar surface area (TPSA) is 24.9 Å². The maximum absolute atomic E-state index is 12.6. The molecule has 2 aromatic rings. The lowest BCUT2D eigenvalue weighted by atomic mass is 10.2. The Morgan fingerprint density at radius 3 is 2.58 bits per heavy atom. The van der Waals surface area contributed by atoms with Gasteiger partial charge < -0.3 is 5.32 Å². The third-order valence-electron chi connectivity index (χ3n) is 2.42. The number of rotatable bonds is 3. The van der Waals surface area contributed by atoms with Gasteiger partial charge >= 0.3 is 6.18 Å². The molecule has 0 atom stereocenters. The Hall–Kier alpha value is -1.75. The van der Waals surface area contributed by atoms with Crippen molar-refractivity contribution < 1.29 is 13.2 Å². The largest absolute Gasteiger partial charge is 0.416 e. The second kappa shape index (κ2) is 5.48. The van der Waals surface area contributed by atoms with E-state index in [1.54, 1.807) is 18.3 Å². The van der Waals surface area contributed by atoms with Crippen LogP contribution in [0.25, 0.3) is 0 Å². The monoisotopic (exact) mass is 286 g/mol. The van der Waals surface area contributed by atoms with Crippen LogP contribution in [0.2, 0.25) is 5.02 Å².